The molecule has 15 rings (SSSR count). The highest BCUT2D eigenvalue weighted by Gasteiger charge is 2.41. The first-order valence-electron chi connectivity index (χ1n) is 31.3. The number of rotatable bonds is 9. The van der Waals surface area contributed by atoms with Crippen LogP contribution in [0.25, 0.3) is 105 Å². The van der Waals surface area contributed by atoms with Crippen LogP contribution in [0, 0.1) is 0 Å². The summed E-state index contributed by atoms with van der Waals surface area (Å²) >= 11 is 0. The van der Waals surface area contributed by atoms with Gasteiger partial charge in [0.1, 0.15) is 0 Å². The Kier molecular flexibility index (Phi) is 7.74. The summed E-state index contributed by atoms with van der Waals surface area (Å²) in [4.78, 5) is 0. The predicted octanol–water partition coefficient (Wildman–Crippen LogP) is 15.7. The van der Waals surface area contributed by atoms with E-state index in [0.29, 0.717) is 21.1 Å². The summed E-state index contributed by atoms with van der Waals surface area (Å²) in [6, 6.07) is 67.9. The summed E-state index contributed by atoms with van der Waals surface area (Å²) in [5.74, 6) is 0. The van der Waals surface area contributed by atoms with Gasteiger partial charge in [0, 0.05) is 43.7 Å². The van der Waals surface area contributed by atoms with Gasteiger partial charge in [0.25, 0.3) is 0 Å². The van der Waals surface area contributed by atoms with Gasteiger partial charge in [0.15, 0.2) is 8.07 Å². The van der Waals surface area contributed by atoms with Gasteiger partial charge in [-0.2, -0.15) is 0 Å². The minimum Gasteiger partial charge on any atom is -0.309 e. The average Bonchev–Trinajstić information content (AvgIpc) is 1.14. The minimum absolute atomic E-state index is 0.0261. The first-order chi connectivity index (χ1) is 42.7. The van der Waals surface area contributed by atoms with E-state index in [1.54, 1.807) is 0 Å². The zero-order valence-electron chi connectivity index (χ0n) is 52.7. The average molecular weight is 996 g/mol. The Bertz CT molecular complexity index is 5220. The van der Waals surface area contributed by atoms with E-state index in [4.69, 9.17) is 6.85 Å². The molecule has 0 bridgehead atoms. The molecule has 3 nitrogen and oxygen atoms in total. The Labute approximate surface area is 458 Å². The first-order valence-corrected chi connectivity index (χ1v) is 27.3. The van der Waals surface area contributed by atoms with E-state index in [2.05, 4.69) is 53.1 Å². The molecular weight excluding hydrogens is 935 g/mol. The maximum Gasteiger partial charge on any atom is 0.179 e. The fourth-order valence-electron chi connectivity index (χ4n) is 11.8. The predicted molar refractivity (Wildman–Crippen MR) is 324 cm³/mol. The second-order valence-electron chi connectivity index (χ2n) is 19.0. The largest absolute Gasteiger partial charge is 0.309 e. The highest BCUT2D eigenvalue weighted by atomic mass is 28.3. The molecule has 3 aromatic heterocycles. The van der Waals surface area contributed by atoms with Crippen molar-refractivity contribution in [1.29, 1.82) is 0 Å². The molecule has 0 amide bonds. The summed E-state index contributed by atoms with van der Waals surface area (Å²) in [6.45, 7) is 0. The molecule has 0 aliphatic carbocycles. The van der Waals surface area contributed by atoms with Crippen LogP contribution in [0.4, 0.5) is 0 Å². The highest BCUT2D eigenvalue weighted by Crippen LogP contribution is 2.42. The summed E-state index contributed by atoms with van der Waals surface area (Å²) < 4.78 is 121. The molecule has 0 N–H and O–H groups in total. The van der Waals surface area contributed by atoms with E-state index in [1.807, 2.05) is 185 Å². The van der Waals surface area contributed by atoms with Crippen LogP contribution in [0.1, 0.15) is 16.4 Å². The molecule has 76 heavy (non-hydrogen) atoms. The fourth-order valence-corrected chi connectivity index (χ4v) is 16.2. The van der Waals surface area contributed by atoms with Crippen molar-refractivity contribution in [3.8, 4) is 39.3 Å². The van der Waals surface area contributed by atoms with Crippen molar-refractivity contribution >= 4 is 94.2 Å². The molecule has 15 aromatic rings. The van der Waals surface area contributed by atoms with E-state index >= 15 is 0 Å². The number of benzene rings is 12. The molecule has 0 aliphatic rings. The molecule has 0 radical (unpaired) electrons. The molecule has 0 unspecified atom stereocenters. The van der Waals surface area contributed by atoms with E-state index in [1.165, 1.54) is 0 Å². The van der Waals surface area contributed by atoms with Gasteiger partial charge in [0.05, 0.1) is 55.2 Å². The van der Waals surface area contributed by atoms with Crippen molar-refractivity contribution < 1.29 is 16.4 Å². The molecular formula is C72H49N3Si. The number of hydrogen-bond acceptors (Lipinski definition) is 0. The van der Waals surface area contributed by atoms with Crippen LogP contribution in [0.5, 0.6) is 0 Å². The van der Waals surface area contributed by atoms with Crippen molar-refractivity contribution in [3.63, 3.8) is 0 Å². The zero-order valence-corrected chi connectivity index (χ0v) is 41.7. The van der Waals surface area contributed by atoms with E-state index in [-0.39, 0.29) is 40.3 Å². The number of fused-ring (bicyclic) bond motifs is 9. The minimum atomic E-state index is -4.03. The highest BCUT2D eigenvalue weighted by molar-refractivity contribution is 7.19. The molecule has 12 aromatic carbocycles. The van der Waals surface area contributed by atoms with Crippen LogP contribution < -0.4 is 20.7 Å². The second-order valence-corrected chi connectivity index (χ2v) is 22.8. The summed E-state index contributed by atoms with van der Waals surface area (Å²) in [5.41, 5.74) is 6.51. The monoisotopic (exact) mass is 995 g/mol. The molecule has 0 saturated heterocycles. The number of aromatic nitrogens is 3. The van der Waals surface area contributed by atoms with Crippen molar-refractivity contribution in [3.05, 3.63) is 297 Å². The topological polar surface area (TPSA) is 14.8 Å². The summed E-state index contributed by atoms with van der Waals surface area (Å²) in [7, 11) is -4.03. The molecule has 3 heterocycles. The lowest BCUT2D eigenvalue weighted by Crippen LogP contribution is -2.74. The normalized spacial score (nSPS) is 14.2. The third-order valence-corrected chi connectivity index (χ3v) is 19.6. The van der Waals surface area contributed by atoms with Crippen molar-refractivity contribution in [2.24, 2.45) is 0 Å². The lowest BCUT2D eigenvalue weighted by Gasteiger charge is -2.34. The Morgan fingerprint density at radius 2 is 0.671 bits per heavy atom. The van der Waals surface area contributed by atoms with Crippen LogP contribution in [0.3, 0.4) is 0 Å². The van der Waals surface area contributed by atoms with E-state index < -0.39 is 73.6 Å². The van der Waals surface area contributed by atoms with Crippen molar-refractivity contribution in [2.75, 3.05) is 0 Å². The maximum atomic E-state index is 10.7. The molecule has 0 spiro atoms. The standard InChI is InChI=1S/C72H49N3Si/c1-4-21-50(22-5-1)51-39-43-58(44-40-51)76(56-23-6-2-7-24-56,57-25-8-3-9-26-57)59-45-41-52(42-46-59)53-47-54(73-65-32-15-10-27-60(65)61-28-11-16-33-66(61)73)49-55(48-53)74-69-36-19-14-31-64(69)72-70(74)37-20-38-71(72)75-67-34-17-12-29-62(67)63-30-13-18-35-68(63)75/h1-49H/i1D,4D,5D,21D,22D,39D,40D,43D,44D,47D,48D,49D. The lowest BCUT2D eigenvalue weighted by molar-refractivity contribution is 1.13. The van der Waals surface area contributed by atoms with Crippen LogP contribution in [-0.2, 0) is 0 Å². The fraction of sp³-hybridized carbons (Fsp3) is 0. The van der Waals surface area contributed by atoms with Crippen molar-refractivity contribution in [1.82, 2.24) is 13.7 Å². The van der Waals surface area contributed by atoms with Gasteiger partial charge in [-0.1, -0.05) is 236 Å². The SMILES string of the molecule is [2H]c1c([2H])c([2H])c(-c2c([2H])c([2H])c([Si](c3ccccc3)(c3ccccc3)c3ccc(-c4c([2H])c(-n5c6ccccc6c6ccccc65)c([2H])c(-n5c6ccccc6c6c(-n7c8ccccc8c8ccccc87)cccc65)c4[2H])cc3)c([2H])c2[2H])c([2H])c1[2H]. The molecule has 0 atom stereocenters. The Hall–Kier alpha value is -9.74. The van der Waals surface area contributed by atoms with Gasteiger partial charge in [-0.15, -0.1) is 0 Å². The smallest absolute Gasteiger partial charge is 0.179 e. The Morgan fingerprint density at radius 1 is 0.263 bits per heavy atom. The van der Waals surface area contributed by atoms with Crippen LogP contribution in [-0.4, -0.2) is 21.8 Å². The number of para-hydroxylation sites is 5. The quantitative estimate of drug-likeness (QED) is 0.101. The van der Waals surface area contributed by atoms with E-state index in [9.17, 15) is 9.60 Å². The van der Waals surface area contributed by atoms with Gasteiger partial charge in [-0.3, -0.25) is 0 Å². The summed E-state index contributed by atoms with van der Waals surface area (Å²) in [6.07, 6.45) is 0. The lowest BCUT2D eigenvalue weighted by atomic mass is 10.0. The summed E-state index contributed by atoms with van der Waals surface area (Å²) in [5, 5.41) is 8.08. The van der Waals surface area contributed by atoms with Crippen LogP contribution in [0.2, 0.25) is 0 Å². The number of nitrogens with zero attached hydrogens (tertiary/aromatic N) is 3. The third kappa shape index (κ3) is 6.74. The van der Waals surface area contributed by atoms with Gasteiger partial charge >= 0.3 is 0 Å². The van der Waals surface area contributed by atoms with Crippen LogP contribution >= 0.6 is 0 Å². The molecule has 0 aliphatic heterocycles. The zero-order chi connectivity index (χ0) is 60.6. The molecule has 0 fully saturated rings. The van der Waals surface area contributed by atoms with Crippen molar-refractivity contribution in [2.45, 2.75) is 0 Å². The van der Waals surface area contributed by atoms with Gasteiger partial charge in [0.2, 0.25) is 0 Å². The van der Waals surface area contributed by atoms with Gasteiger partial charge < -0.3 is 13.7 Å². The van der Waals surface area contributed by atoms with Crippen LogP contribution in [0.15, 0.2) is 297 Å². The van der Waals surface area contributed by atoms with Gasteiger partial charge in [-0.25, -0.2) is 0 Å². The Morgan fingerprint density at radius 3 is 1.20 bits per heavy atom. The molecule has 0 saturated carbocycles. The first kappa shape index (κ1) is 33.2. The van der Waals surface area contributed by atoms with Gasteiger partial charge in [-0.05, 0) is 104 Å². The third-order valence-electron chi connectivity index (χ3n) is 15.0. The molecule has 4 heteroatoms. The number of hydrogen-bond donors (Lipinski definition) is 0. The second kappa shape index (κ2) is 17.7. The molecule has 356 valence electrons. The maximum absolute atomic E-state index is 10.7. The Balaban J connectivity index is 1.02. The van der Waals surface area contributed by atoms with E-state index in [0.717, 1.165) is 71.1 Å².